The molecule has 2 heterocycles. The van der Waals surface area contributed by atoms with Crippen molar-refractivity contribution in [2.75, 3.05) is 6.54 Å². The Labute approximate surface area is 129 Å². The summed E-state index contributed by atoms with van der Waals surface area (Å²) >= 11 is 0. The van der Waals surface area contributed by atoms with E-state index in [0.29, 0.717) is 12.4 Å². The Kier molecular flexibility index (Phi) is 4.24. The predicted molar refractivity (Wildman–Crippen MR) is 84.4 cm³/mol. The van der Waals surface area contributed by atoms with Gasteiger partial charge in [-0.05, 0) is 25.6 Å². The Morgan fingerprint density at radius 1 is 1.23 bits per heavy atom. The van der Waals surface area contributed by atoms with Crippen LogP contribution in [0.2, 0.25) is 0 Å². The predicted octanol–water partition coefficient (Wildman–Crippen LogP) is 3.96. The maximum atomic E-state index is 5.97. The first-order valence-electron chi connectivity index (χ1n) is 7.75. The number of aromatic nitrogens is 2. The van der Waals surface area contributed by atoms with Crippen LogP contribution in [0, 0.1) is 0 Å². The number of hydrogen-bond acceptors (Lipinski definition) is 5. The molecule has 1 unspecified atom stereocenters. The smallest absolute Gasteiger partial charge is 0.240 e. The van der Waals surface area contributed by atoms with Crippen LogP contribution in [0.5, 0.6) is 0 Å². The number of aryl methyl sites for hydroxylation is 1. The van der Waals surface area contributed by atoms with Crippen molar-refractivity contribution in [2.24, 2.45) is 0 Å². The van der Waals surface area contributed by atoms with E-state index in [4.69, 9.17) is 8.94 Å². The molecule has 2 aromatic heterocycles. The summed E-state index contributed by atoms with van der Waals surface area (Å²) in [4.78, 5) is 6.64. The SMILES string of the molecule is CCc1noc(CN(CC)C(C)c2cc3ccccc3o2)n1. The fraction of sp³-hybridized carbons (Fsp3) is 0.412. The molecule has 3 rings (SSSR count). The number of hydrogen-bond donors (Lipinski definition) is 0. The lowest BCUT2D eigenvalue weighted by molar-refractivity contribution is 0.168. The highest BCUT2D eigenvalue weighted by Gasteiger charge is 2.20. The molecule has 0 N–H and O–H groups in total. The number of benzene rings is 1. The Balaban J connectivity index is 1.79. The largest absolute Gasteiger partial charge is 0.459 e. The minimum Gasteiger partial charge on any atom is -0.459 e. The molecule has 5 heteroatoms. The van der Waals surface area contributed by atoms with Gasteiger partial charge in [0.15, 0.2) is 5.82 Å². The summed E-state index contributed by atoms with van der Waals surface area (Å²) < 4.78 is 11.3. The number of fused-ring (bicyclic) bond motifs is 1. The highest BCUT2D eigenvalue weighted by Crippen LogP contribution is 2.28. The minimum absolute atomic E-state index is 0.148. The van der Waals surface area contributed by atoms with Crippen molar-refractivity contribution < 1.29 is 8.94 Å². The van der Waals surface area contributed by atoms with Crippen molar-refractivity contribution in [3.63, 3.8) is 0 Å². The molecule has 0 amide bonds. The van der Waals surface area contributed by atoms with Crippen LogP contribution < -0.4 is 0 Å². The van der Waals surface area contributed by atoms with Gasteiger partial charge in [-0.15, -0.1) is 0 Å². The summed E-state index contributed by atoms with van der Waals surface area (Å²) in [5.74, 6) is 2.36. The fourth-order valence-corrected chi connectivity index (χ4v) is 2.58. The molecule has 0 saturated heterocycles. The molecule has 0 spiro atoms. The van der Waals surface area contributed by atoms with Crippen molar-refractivity contribution >= 4 is 11.0 Å². The summed E-state index contributed by atoms with van der Waals surface area (Å²) in [7, 11) is 0. The molecule has 0 aliphatic heterocycles. The summed E-state index contributed by atoms with van der Waals surface area (Å²) in [6, 6.07) is 10.3. The quantitative estimate of drug-likeness (QED) is 0.689. The Morgan fingerprint density at radius 3 is 2.73 bits per heavy atom. The third-order valence-electron chi connectivity index (χ3n) is 3.97. The van der Waals surface area contributed by atoms with Gasteiger partial charge in [-0.2, -0.15) is 4.98 Å². The van der Waals surface area contributed by atoms with Crippen LogP contribution in [0.3, 0.4) is 0 Å². The van der Waals surface area contributed by atoms with Gasteiger partial charge in [0.2, 0.25) is 5.89 Å². The zero-order valence-corrected chi connectivity index (χ0v) is 13.2. The van der Waals surface area contributed by atoms with Gasteiger partial charge in [0.1, 0.15) is 11.3 Å². The third-order valence-corrected chi connectivity index (χ3v) is 3.97. The molecule has 1 aromatic carbocycles. The highest BCUT2D eigenvalue weighted by molar-refractivity contribution is 5.77. The van der Waals surface area contributed by atoms with Gasteiger partial charge in [0.25, 0.3) is 0 Å². The first-order valence-corrected chi connectivity index (χ1v) is 7.75. The van der Waals surface area contributed by atoms with Crippen LogP contribution in [0.25, 0.3) is 11.0 Å². The van der Waals surface area contributed by atoms with E-state index in [1.165, 1.54) is 0 Å². The molecule has 1 atom stereocenters. The summed E-state index contributed by atoms with van der Waals surface area (Å²) in [6.07, 6.45) is 0.786. The average molecular weight is 299 g/mol. The monoisotopic (exact) mass is 299 g/mol. The third kappa shape index (κ3) is 2.90. The molecule has 0 aliphatic rings. The topological polar surface area (TPSA) is 55.3 Å². The summed E-state index contributed by atoms with van der Waals surface area (Å²) in [5.41, 5.74) is 0.923. The van der Waals surface area contributed by atoms with Gasteiger partial charge in [0.05, 0.1) is 12.6 Å². The molecule has 5 nitrogen and oxygen atoms in total. The lowest BCUT2D eigenvalue weighted by atomic mass is 10.2. The van der Waals surface area contributed by atoms with Crippen molar-refractivity contribution in [3.05, 3.63) is 47.8 Å². The standard InChI is InChI=1S/C17H21N3O2/c1-4-16-18-17(22-19-16)11-20(5-2)12(3)15-10-13-8-6-7-9-14(13)21-15/h6-10,12H,4-5,11H2,1-3H3. The summed E-state index contributed by atoms with van der Waals surface area (Å²) in [6.45, 7) is 7.78. The molecule has 0 bridgehead atoms. The molecule has 0 aliphatic carbocycles. The van der Waals surface area contributed by atoms with E-state index in [1.54, 1.807) is 0 Å². The van der Waals surface area contributed by atoms with Crippen LogP contribution in [0.15, 0.2) is 39.3 Å². The van der Waals surface area contributed by atoms with Crippen LogP contribution in [-0.2, 0) is 13.0 Å². The molecule has 3 aromatic rings. The van der Waals surface area contributed by atoms with Crippen molar-refractivity contribution in [1.82, 2.24) is 15.0 Å². The van der Waals surface area contributed by atoms with E-state index in [0.717, 1.165) is 35.5 Å². The number of nitrogens with zero attached hydrogens (tertiary/aromatic N) is 3. The van der Waals surface area contributed by atoms with Gasteiger partial charge in [-0.25, -0.2) is 0 Å². The van der Waals surface area contributed by atoms with Crippen LogP contribution >= 0.6 is 0 Å². The van der Waals surface area contributed by atoms with Crippen molar-refractivity contribution in [2.45, 2.75) is 39.8 Å². The lowest BCUT2D eigenvalue weighted by Gasteiger charge is -2.24. The van der Waals surface area contributed by atoms with Crippen LogP contribution in [-0.4, -0.2) is 21.6 Å². The zero-order valence-electron chi connectivity index (χ0n) is 13.2. The normalized spacial score (nSPS) is 13.1. The van der Waals surface area contributed by atoms with E-state index >= 15 is 0 Å². The molecular formula is C17H21N3O2. The zero-order chi connectivity index (χ0) is 15.5. The number of rotatable bonds is 6. The maximum absolute atomic E-state index is 5.97. The molecule has 0 fully saturated rings. The Morgan fingerprint density at radius 2 is 2.05 bits per heavy atom. The van der Waals surface area contributed by atoms with E-state index in [-0.39, 0.29) is 6.04 Å². The second-order valence-electron chi connectivity index (χ2n) is 5.38. The average Bonchev–Trinajstić information content (AvgIpc) is 3.18. The van der Waals surface area contributed by atoms with Gasteiger partial charge < -0.3 is 8.94 Å². The molecular weight excluding hydrogens is 278 g/mol. The lowest BCUT2D eigenvalue weighted by Crippen LogP contribution is -2.26. The van der Waals surface area contributed by atoms with Crippen LogP contribution in [0.4, 0.5) is 0 Å². The first kappa shape index (κ1) is 14.8. The van der Waals surface area contributed by atoms with Crippen molar-refractivity contribution in [3.8, 4) is 0 Å². The first-order chi connectivity index (χ1) is 10.7. The molecule has 0 radical (unpaired) electrons. The second kappa shape index (κ2) is 6.32. The Hall–Kier alpha value is -2.14. The number of para-hydroxylation sites is 1. The van der Waals surface area contributed by atoms with Gasteiger partial charge in [-0.3, -0.25) is 4.90 Å². The second-order valence-corrected chi connectivity index (χ2v) is 5.38. The summed E-state index contributed by atoms with van der Waals surface area (Å²) in [5, 5.41) is 5.08. The van der Waals surface area contributed by atoms with Crippen LogP contribution in [0.1, 0.15) is 44.3 Å². The van der Waals surface area contributed by atoms with Gasteiger partial charge in [0, 0.05) is 11.8 Å². The van der Waals surface area contributed by atoms with Gasteiger partial charge in [-0.1, -0.05) is 37.2 Å². The van der Waals surface area contributed by atoms with E-state index in [9.17, 15) is 0 Å². The van der Waals surface area contributed by atoms with Gasteiger partial charge >= 0.3 is 0 Å². The van der Waals surface area contributed by atoms with E-state index in [2.05, 4.69) is 41.0 Å². The Bertz CT molecular complexity index is 714. The minimum atomic E-state index is 0.148. The van der Waals surface area contributed by atoms with E-state index in [1.807, 2.05) is 25.1 Å². The molecule has 116 valence electrons. The molecule has 0 saturated carbocycles. The number of furan rings is 1. The van der Waals surface area contributed by atoms with E-state index < -0.39 is 0 Å². The molecule has 22 heavy (non-hydrogen) atoms. The highest BCUT2D eigenvalue weighted by atomic mass is 16.5. The fourth-order valence-electron chi connectivity index (χ4n) is 2.58. The van der Waals surface area contributed by atoms with Crippen molar-refractivity contribution in [1.29, 1.82) is 0 Å². The maximum Gasteiger partial charge on any atom is 0.240 e.